The van der Waals surface area contributed by atoms with E-state index in [0.717, 1.165) is 29.5 Å². The molecule has 162 valence electrons. The second-order valence-corrected chi connectivity index (χ2v) is 8.23. The number of halogens is 1. The first-order valence-electron chi connectivity index (χ1n) is 10.5. The van der Waals surface area contributed by atoms with Gasteiger partial charge in [-0.05, 0) is 66.4 Å². The van der Waals surface area contributed by atoms with Crippen molar-refractivity contribution in [3.63, 3.8) is 0 Å². The monoisotopic (exact) mass is 445 g/mol. The zero-order valence-corrected chi connectivity index (χ0v) is 18.3. The van der Waals surface area contributed by atoms with Crippen molar-refractivity contribution in [1.29, 1.82) is 0 Å². The van der Waals surface area contributed by atoms with E-state index < -0.39 is 0 Å². The minimum absolute atomic E-state index is 0.0394. The van der Waals surface area contributed by atoms with Crippen LogP contribution in [0.4, 0.5) is 11.4 Å². The van der Waals surface area contributed by atoms with Crippen molar-refractivity contribution < 1.29 is 9.59 Å². The number of nitrogens with one attached hydrogen (secondary N) is 1. The molecular formula is C26H24ClN3O2. The van der Waals surface area contributed by atoms with E-state index in [1.54, 1.807) is 24.3 Å². The number of nitrogen functional groups attached to an aromatic ring is 1. The number of hydrogen-bond donors (Lipinski definition) is 2. The van der Waals surface area contributed by atoms with E-state index in [1.165, 1.54) is 0 Å². The number of hydrogen-bond acceptors (Lipinski definition) is 3. The Hall–Kier alpha value is -3.57. The first-order chi connectivity index (χ1) is 15.5. The van der Waals surface area contributed by atoms with Crippen LogP contribution >= 0.6 is 11.6 Å². The van der Waals surface area contributed by atoms with Gasteiger partial charge in [0.1, 0.15) is 0 Å². The molecule has 0 bridgehead atoms. The fraction of sp³-hybridized carbons (Fsp3) is 0.154. The Balaban J connectivity index is 1.42. The lowest BCUT2D eigenvalue weighted by Gasteiger charge is -2.28. The average molecular weight is 446 g/mol. The summed E-state index contributed by atoms with van der Waals surface area (Å²) in [5, 5.41) is 3.47. The molecule has 0 spiro atoms. The van der Waals surface area contributed by atoms with Crippen LogP contribution in [0.5, 0.6) is 0 Å². The van der Waals surface area contributed by atoms with Gasteiger partial charge in [-0.3, -0.25) is 9.59 Å². The Morgan fingerprint density at radius 1 is 1.06 bits per heavy atom. The highest BCUT2D eigenvalue weighted by molar-refractivity contribution is 6.30. The summed E-state index contributed by atoms with van der Waals surface area (Å²) in [6, 6.07) is 21.9. The topological polar surface area (TPSA) is 75.4 Å². The molecule has 1 fully saturated rings. The third-order valence-corrected chi connectivity index (χ3v) is 5.66. The van der Waals surface area contributed by atoms with Gasteiger partial charge in [-0.25, -0.2) is 0 Å². The number of carbonyl (C=O) groups excluding carboxylic acids is 2. The molecule has 0 unspecified atom stereocenters. The van der Waals surface area contributed by atoms with Gasteiger partial charge in [0, 0.05) is 29.2 Å². The molecule has 3 aromatic carbocycles. The van der Waals surface area contributed by atoms with Gasteiger partial charge in [0.15, 0.2) is 0 Å². The van der Waals surface area contributed by atoms with Gasteiger partial charge >= 0.3 is 0 Å². The molecule has 0 atom stereocenters. The highest BCUT2D eigenvalue weighted by atomic mass is 35.5. The van der Waals surface area contributed by atoms with Crippen molar-refractivity contribution in [2.24, 2.45) is 0 Å². The molecule has 0 saturated carbocycles. The van der Waals surface area contributed by atoms with E-state index >= 15 is 0 Å². The maximum Gasteiger partial charge on any atom is 0.255 e. The number of nitrogens with two attached hydrogens (primary N) is 1. The fourth-order valence-electron chi connectivity index (χ4n) is 3.74. The predicted molar refractivity (Wildman–Crippen MR) is 129 cm³/mol. The summed E-state index contributed by atoms with van der Waals surface area (Å²) >= 11 is 6.06. The number of piperidine rings is 1. The average Bonchev–Trinajstić information content (AvgIpc) is 2.78. The number of rotatable bonds is 5. The third-order valence-electron chi connectivity index (χ3n) is 5.42. The van der Waals surface area contributed by atoms with Crippen LogP contribution in [0.1, 0.15) is 34.3 Å². The molecular weight excluding hydrogens is 422 g/mol. The fourth-order valence-corrected chi connectivity index (χ4v) is 3.94. The van der Waals surface area contributed by atoms with E-state index in [-0.39, 0.29) is 11.8 Å². The lowest BCUT2D eigenvalue weighted by molar-refractivity contribution is -0.129. The maximum absolute atomic E-state index is 13.0. The number of likely N-dealkylation sites (tertiary alicyclic amines) is 1. The van der Waals surface area contributed by atoms with Gasteiger partial charge in [0.25, 0.3) is 5.91 Å². The predicted octanol–water partition coefficient (Wildman–Crippen LogP) is 5.38. The number of benzene rings is 3. The van der Waals surface area contributed by atoms with E-state index in [9.17, 15) is 9.59 Å². The largest absolute Gasteiger partial charge is 0.397 e. The molecule has 1 heterocycles. The zero-order chi connectivity index (χ0) is 22.5. The molecule has 1 saturated heterocycles. The van der Waals surface area contributed by atoms with Crippen molar-refractivity contribution in [3.05, 3.63) is 100 Å². The molecule has 3 N–H and O–H groups in total. The Morgan fingerprint density at radius 3 is 2.59 bits per heavy atom. The van der Waals surface area contributed by atoms with Crippen LogP contribution in [0.3, 0.4) is 0 Å². The molecule has 32 heavy (non-hydrogen) atoms. The Labute approximate surface area is 192 Å². The lowest BCUT2D eigenvalue weighted by atomic mass is 10.00. The van der Waals surface area contributed by atoms with Gasteiger partial charge in [-0.1, -0.05) is 48.0 Å². The van der Waals surface area contributed by atoms with Crippen LogP contribution < -0.4 is 11.1 Å². The van der Waals surface area contributed by atoms with Gasteiger partial charge in [-0.2, -0.15) is 0 Å². The Bertz CT molecular complexity index is 1170. The first kappa shape index (κ1) is 21.7. The van der Waals surface area contributed by atoms with Crippen LogP contribution in [-0.2, 0) is 11.3 Å². The standard InChI is InChI=1S/C26H24ClN3O2/c27-22-7-3-5-19(16-22)15-21-6-4-14-30(26(21)32)17-18-10-12-20(13-11-18)25(31)29-24-9-2-1-8-23(24)28/h1-3,5,7-13,15-16H,4,6,14,17,28H2,(H,29,31)/b21-15+. The van der Waals surface area contributed by atoms with Crippen molar-refractivity contribution in [2.75, 3.05) is 17.6 Å². The third kappa shape index (κ3) is 5.18. The SMILES string of the molecule is Nc1ccccc1NC(=O)c1ccc(CN2CCC/C(=C\c3cccc(Cl)c3)C2=O)cc1. The van der Waals surface area contributed by atoms with Gasteiger partial charge in [0.05, 0.1) is 11.4 Å². The molecule has 1 aliphatic heterocycles. The van der Waals surface area contributed by atoms with Crippen molar-refractivity contribution in [1.82, 2.24) is 4.90 Å². The summed E-state index contributed by atoms with van der Waals surface area (Å²) in [5.41, 5.74) is 10.2. The molecule has 0 aromatic heterocycles. The quantitative estimate of drug-likeness (QED) is 0.409. The highest BCUT2D eigenvalue weighted by Crippen LogP contribution is 2.23. The van der Waals surface area contributed by atoms with E-state index in [1.807, 2.05) is 59.5 Å². The van der Waals surface area contributed by atoms with E-state index in [0.29, 0.717) is 35.1 Å². The van der Waals surface area contributed by atoms with E-state index in [2.05, 4.69) is 5.32 Å². The molecule has 1 aliphatic rings. The summed E-state index contributed by atoms with van der Waals surface area (Å²) in [7, 11) is 0. The molecule has 2 amide bonds. The van der Waals surface area contributed by atoms with Crippen molar-refractivity contribution in [3.8, 4) is 0 Å². The first-order valence-corrected chi connectivity index (χ1v) is 10.9. The molecule has 5 nitrogen and oxygen atoms in total. The van der Waals surface area contributed by atoms with Gasteiger partial charge in [0.2, 0.25) is 5.91 Å². The second-order valence-electron chi connectivity index (χ2n) is 7.79. The minimum atomic E-state index is -0.227. The van der Waals surface area contributed by atoms with Crippen molar-refractivity contribution >= 4 is 40.9 Å². The number of nitrogens with zero attached hydrogens (tertiary/aromatic N) is 1. The minimum Gasteiger partial charge on any atom is -0.397 e. The van der Waals surface area contributed by atoms with Crippen LogP contribution in [0.25, 0.3) is 6.08 Å². The number of amides is 2. The Kier molecular flexibility index (Phi) is 6.57. The lowest BCUT2D eigenvalue weighted by Crippen LogP contribution is -2.36. The second kappa shape index (κ2) is 9.71. The molecule has 0 aliphatic carbocycles. The number of para-hydroxylation sites is 2. The number of anilines is 2. The number of carbonyl (C=O) groups is 2. The summed E-state index contributed by atoms with van der Waals surface area (Å²) in [5.74, 6) is -0.187. The summed E-state index contributed by atoms with van der Waals surface area (Å²) in [6.45, 7) is 1.21. The smallest absolute Gasteiger partial charge is 0.255 e. The van der Waals surface area contributed by atoms with Crippen molar-refractivity contribution in [2.45, 2.75) is 19.4 Å². The van der Waals surface area contributed by atoms with Crippen LogP contribution in [0, 0.1) is 0 Å². The molecule has 3 aromatic rings. The maximum atomic E-state index is 13.0. The van der Waals surface area contributed by atoms with Crippen LogP contribution in [0.2, 0.25) is 5.02 Å². The van der Waals surface area contributed by atoms with E-state index in [4.69, 9.17) is 17.3 Å². The molecule has 0 radical (unpaired) electrons. The summed E-state index contributed by atoms with van der Waals surface area (Å²) in [6.07, 6.45) is 3.59. The highest BCUT2D eigenvalue weighted by Gasteiger charge is 2.23. The summed E-state index contributed by atoms with van der Waals surface area (Å²) < 4.78 is 0. The van der Waals surface area contributed by atoms with Gasteiger partial charge in [-0.15, -0.1) is 0 Å². The normalized spacial score (nSPS) is 15.1. The molecule has 4 rings (SSSR count). The zero-order valence-electron chi connectivity index (χ0n) is 17.6. The Morgan fingerprint density at radius 2 is 1.84 bits per heavy atom. The van der Waals surface area contributed by atoms with Crippen LogP contribution in [-0.4, -0.2) is 23.3 Å². The van der Waals surface area contributed by atoms with Crippen LogP contribution in [0.15, 0.2) is 78.4 Å². The van der Waals surface area contributed by atoms with Gasteiger partial charge < -0.3 is 16.0 Å². The summed E-state index contributed by atoms with van der Waals surface area (Å²) in [4.78, 5) is 27.3. The molecule has 6 heteroatoms.